The molecule has 0 unspecified atom stereocenters. The predicted molar refractivity (Wildman–Crippen MR) is 102 cm³/mol. The molecule has 0 radical (unpaired) electrons. The molecule has 1 aliphatic carbocycles. The van der Waals surface area contributed by atoms with E-state index in [1.165, 1.54) is 18.3 Å². The number of carbonyl (C=O) groups excluding carboxylic acids is 2. The summed E-state index contributed by atoms with van der Waals surface area (Å²) in [5.74, 6) is -1.28. The minimum atomic E-state index is -0.546. The van der Waals surface area contributed by atoms with E-state index >= 15 is 0 Å². The topological polar surface area (TPSA) is 65.2 Å². The number of rotatable bonds is 6. The Morgan fingerprint density at radius 1 is 1.19 bits per heavy atom. The van der Waals surface area contributed by atoms with Gasteiger partial charge in [0.05, 0.1) is 0 Å². The van der Waals surface area contributed by atoms with Crippen molar-refractivity contribution in [2.24, 2.45) is 0 Å². The quantitative estimate of drug-likeness (QED) is 0.606. The van der Waals surface area contributed by atoms with Crippen LogP contribution >= 0.6 is 0 Å². The van der Waals surface area contributed by atoms with E-state index in [0.29, 0.717) is 5.56 Å². The van der Waals surface area contributed by atoms with E-state index < -0.39 is 11.7 Å². The van der Waals surface area contributed by atoms with Crippen molar-refractivity contribution < 1.29 is 14.0 Å². The van der Waals surface area contributed by atoms with Gasteiger partial charge in [-0.3, -0.25) is 9.59 Å². The maximum absolute atomic E-state index is 13.2. The molecule has 1 aromatic carbocycles. The van der Waals surface area contributed by atoms with Crippen molar-refractivity contribution in [3.63, 3.8) is 0 Å². The molecule has 1 aliphatic rings. The molecular formula is C21H26FN3O2. The number of ketones is 1. The molecule has 1 amide bonds. The third kappa shape index (κ3) is 4.45. The number of hydrogen-bond acceptors (Lipinski definition) is 3. The lowest BCUT2D eigenvalue weighted by Gasteiger charge is -2.45. The summed E-state index contributed by atoms with van der Waals surface area (Å²) >= 11 is 0. The molecule has 6 heteroatoms. The first-order valence-electron chi connectivity index (χ1n) is 9.29. The van der Waals surface area contributed by atoms with Crippen molar-refractivity contribution in [3.05, 3.63) is 59.7 Å². The van der Waals surface area contributed by atoms with Gasteiger partial charge in [0.2, 0.25) is 0 Å². The van der Waals surface area contributed by atoms with E-state index in [-0.39, 0.29) is 17.4 Å². The minimum Gasteiger partial charge on any atom is -0.367 e. The minimum absolute atomic E-state index is 0.00156. The molecule has 1 fully saturated rings. The van der Waals surface area contributed by atoms with E-state index in [0.717, 1.165) is 37.7 Å². The van der Waals surface area contributed by atoms with Crippen LogP contribution in [0.4, 0.5) is 4.39 Å². The Balaban J connectivity index is 1.60. The fourth-order valence-electron chi connectivity index (χ4n) is 3.91. The molecule has 1 saturated carbocycles. The largest absolute Gasteiger partial charge is 0.367 e. The summed E-state index contributed by atoms with van der Waals surface area (Å²) in [7, 11) is 4.13. The Morgan fingerprint density at radius 2 is 1.85 bits per heavy atom. The lowest BCUT2D eigenvalue weighted by molar-refractivity contribution is -0.118. The van der Waals surface area contributed by atoms with E-state index in [4.69, 9.17) is 0 Å². The van der Waals surface area contributed by atoms with Crippen LogP contribution in [0.5, 0.6) is 0 Å². The van der Waals surface area contributed by atoms with Gasteiger partial charge in [0.1, 0.15) is 5.82 Å². The summed E-state index contributed by atoms with van der Waals surface area (Å²) in [6.07, 6.45) is 7.42. The number of likely N-dealkylation sites (N-methyl/N-ethyl adjacent to an activating group) is 1. The van der Waals surface area contributed by atoms with Crippen molar-refractivity contribution in [1.29, 1.82) is 0 Å². The number of Topliss-reactive ketones (excluding diaryl/α,β-unsaturated/α-hetero) is 1. The molecule has 0 saturated heterocycles. The molecule has 0 atom stereocenters. The number of nitrogens with zero attached hydrogens (tertiary/aromatic N) is 1. The summed E-state index contributed by atoms with van der Waals surface area (Å²) in [5, 5.41) is 2.88. The van der Waals surface area contributed by atoms with Crippen molar-refractivity contribution in [3.8, 4) is 0 Å². The molecule has 1 aromatic heterocycles. The summed E-state index contributed by atoms with van der Waals surface area (Å²) in [5.41, 5.74) is 1.46. The molecule has 1 heterocycles. The third-order valence-corrected chi connectivity index (χ3v) is 5.71. The van der Waals surface area contributed by atoms with E-state index in [1.54, 1.807) is 12.3 Å². The Kier molecular flexibility index (Phi) is 5.75. The highest BCUT2D eigenvalue weighted by molar-refractivity contribution is 6.42. The lowest BCUT2D eigenvalue weighted by atomic mass is 9.74. The van der Waals surface area contributed by atoms with Crippen LogP contribution in [0.25, 0.3) is 0 Å². The zero-order chi connectivity index (χ0) is 19.4. The first-order valence-corrected chi connectivity index (χ1v) is 9.29. The highest BCUT2D eigenvalue weighted by Crippen LogP contribution is 2.35. The second-order valence-corrected chi connectivity index (χ2v) is 7.60. The smallest absolute Gasteiger partial charge is 0.292 e. The Labute approximate surface area is 159 Å². The van der Waals surface area contributed by atoms with Crippen molar-refractivity contribution >= 4 is 11.7 Å². The number of aromatic amines is 1. The van der Waals surface area contributed by atoms with Gasteiger partial charge in [-0.15, -0.1) is 0 Å². The van der Waals surface area contributed by atoms with Crippen LogP contribution in [0.3, 0.4) is 0 Å². The van der Waals surface area contributed by atoms with E-state index in [1.807, 2.05) is 12.1 Å². The second-order valence-electron chi connectivity index (χ2n) is 7.60. The second kappa shape index (κ2) is 8.05. The lowest BCUT2D eigenvalue weighted by Crippen LogP contribution is -2.52. The van der Waals surface area contributed by atoms with E-state index in [9.17, 15) is 14.0 Å². The molecule has 0 spiro atoms. The van der Waals surface area contributed by atoms with Crippen molar-refractivity contribution in [1.82, 2.24) is 15.2 Å². The molecule has 2 aromatic rings. The monoisotopic (exact) mass is 371 g/mol. The van der Waals surface area contributed by atoms with Gasteiger partial charge < -0.3 is 15.2 Å². The summed E-state index contributed by atoms with van der Waals surface area (Å²) in [4.78, 5) is 29.3. The average Bonchev–Trinajstić information content (AvgIpc) is 3.19. The first kappa shape index (κ1) is 19.3. The van der Waals surface area contributed by atoms with Crippen LogP contribution in [0.2, 0.25) is 0 Å². The molecule has 27 heavy (non-hydrogen) atoms. The average molecular weight is 371 g/mol. The molecule has 144 valence electrons. The molecule has 0 aliphatic heterocycles. The van der Waals surface area contributed by atoms with Crippen molar-refractivity contribution in [2.45, 2.75) is 43.7 Å². The van der Waals surface area contributed by atoms with Crippen LogP contribution in [0.15, 0.2) is 42.7 Å². The zero-order valence-electron chi connectivity index (χ0n) is 15.8. The first-order chi connectivity index (χ1) is 12.9. The zero-order valence-corrected chi connectivity index (χ0v) is 15.8. The summed E-state index contributed by atoms with van der Waals surface area (Å²) in [6.45, 7) is 0. The third-order valence-electron chi connectivity index (χ3n) is 5.71. The van der Waals surface area contributed by atoms with Crippen LogP contribution in [0.1, 0.15) is 41.6 Å². The normalized spacial score (nSPS) is 22.6. The van der Waals surface area contributed by atoms with Gasteiger partial charge in [0.25, 0.3) is 11.7 Å². The molecule has 3 rings (SSSR count). The number of carbonyl (C=O) groups is 2. The number of hydrogen-bond donors (Lipinski definition) is 2. The number of nitrogens with one attached hydrogen (secondary N) is 2. The maximum atomic E-state index is 13.2. The van der Waals surface area contributed by atoms with Gasteiger partial charge in [0, 0.05) is 29.5 Å². The standard InChI is InChI=1S/C21H26FN3O2/c1-25(2)21(13-15-3-5-17(22)6-4-15)10-7-18(8-11-21)24-20(27)19(26)16-9-12-23-14-16/h3-6,9,12,14,18,23H,7-8,10-11,13H2,1-2H3,(H,24,27). The van der Waals surface area contributed by atoms with E-state index in [2.05, 4.69) is 29.3 Å². The predicted octanol–water partition coefficient (Wildman–Crippen LogP) is 2.94. The van der Waals surface area contributed by atoms with Gasteiger partial charge in [-0.1, -0.05) is 12.1 Å². The Morgan fingerprint density at radius 3 is 2.41 bits per heavy atom. The fraction of sp³-hybridized carbons (Fsp3) is 0.429. The van der Waals surface area contributed by atoms with Crippen LogP contribution in [-0.2, 0) is 11.2 Å². The van der Waals surface area contributed by atoms with Crippen LogP contribution in [-0.4, -0.2) is 47.3 Å². The molecule has 0 bridgehead atoms. The number of benzene rings is 1. The number of amides is 1. The van der Waals surface area contributed by atoms with Gasteiger partial charge in [-0.25, -0.2) is 4.39 Å². The molecule has 5 nitrogen and oxygen atoms in total. The fourth-order valence-corrected chi connectivity index (χ4v) is 3.91. The van der Waals surface area contributed by atoms with Crippen LogP contribution < -0.4 is 5.32 Å². The van der Waals surface area contributed by atoms with Gasteiger partial charge in [-0.05, 0) is 70.0 Å². The number of halogens is 1. The highest BCUT2D eigenvalue weighted by Gasteiger charge is 2.38. The maximum Gasteiger partial charge on any atom is 0.292 e. The molecule has 2 N–H and O–H groups in total. The SMILES string of the molecule is CN(C)C1(Cc2ccc(F)cc2)CCC(NC(=O)C(=O)c2cc[nH]c2)CC1. The number of H-pyrrole nitrogens is 1. The van der Waals surface area contributed by atoms with Gasteiger partial charge in [0.15, 0.2) is 0 Å². The van der Waals surface area contributed by atoms with Gasteiger partial charge >= 0.3 is 0 Å². The Bertz CT molecular complexity index is 776. The highest BCUT2D eigenvalue weighted by atomic mass is 19.1. The Hall–Kier alpha value is -2.47. The summed E-state index contributed by atoms with van der Waals surface area (Å²) < 4.78 is 13.2. The number of aromatic nitrogens is 1. The molecular weight excluding hydrogens is 345 g/mol. The van der Waals surface area contributed by atoms with Gasteiger partial charge in [-0.2, -0.15) is 0 Å². The van der Waals surface area contributed by atoms with Crippen LogP contribution in [0, 0.1) is 5.82 Å². The summed E-state index contributed by atoms with van der Waals surface area (Å²) in [6, 6.07) is 8.27. The van der Waals surface area contributed by atoms with Crippen molar-refractivity contribution in [2.75, 3.05) is 14.1 Å².